The van der Waals surface area contributed by atoms with E-state index in [9.17, 15) is 0 Å². The van der Waals surface area contributed by atoms with Gasteiger partial charge >= 0.3 is 0 Å². The highest BCUT2D eigenvalue weighted by Gasteiger charge is 2.17. The second-order valence-electron chi connectivity index (χ2n) is 12.8. The van der Waals surface area contributed by atoms with Crippen molar-refractivity contribution in [3.8, 4) is 56.4 Å². The molecule has 0 radical (unpaired) electrons. The van der Waals surface area contributed by atoms with E-state index < -0.39 is 0 Å². The lowest BCUT2D eigenvalue weighted by molar-refractivity contribution is 0.673. The molecule has 2 heterocycles. The zero-order valence-electron chi connectivity index (χ0n) is 27.5. The molecule has 0 bridgehead atoms. The number of aromatic nitrogens is 3. The SMILES string of the molecule is c1ccc(-c2nc(-c3ccccc3)nc(-c3cccc(-c4ccc5c(c4)oc4c6ccccc6c(-c6cccc7ccccc67)cc54)c3)n2)cc1. The van der Waals surface area contributed by atoms with Crippen molar-refractivity contribution in [3.63, 3.8) is 0 Å². The van der Waals surface area contributed by atoms with Crippen molar-refractivity contribution >= 4 is 43.5 Å². The van der Waals surface area contributed by atoms with Gasteiger partial charge in [0.05, 0.1) is 0 Å². The average molecular weight is 652 g/mol. The normalized spacial score (nSPS) is 11.5. The smallest absolute Gasteiger partial charge is 0.164 e. The van der Waals surface area contributed by atoms with Gasteiger partial charge in [0.15, 0.2) is 17.5 Å². The average Bonchev–Trinajstić information content (AvgIpc) is 3.59. The maximum absolute atomic E-state index is 6.72. The molecule has 4 heteroatoms. The van der Waals surface area contributed by atoms with E-state index in [1.165, 1.54) is 27.3 Å². The van der Waals surface area contributed by atoms with Crippen molar-refractivity contribution in [3.05, 3.63) is 176 Å². The fraction of sp³-hybridized carbons (Fsp3) is 0. The molecule has 0 aliphatic heterocycles. The number of rotatable bonds is 5. The number of hydrogen-bond donors (Lipinski definition) is 0. The van der Waals surface area contributed by atoms with Gasteiger partial charge in [-0.05, 0) is 62.7 Å². The molecule has 10 aromatic rings. The molecule has 0 saturated heterocycles. The summed E-state index contributed by atoms with van der Waals surface area (Å²) in [6.45, 7) is 0. The minimum atomic E-state index is 0.627. The molecule has 0 spiro atoms. The Morgan fingerprint density at radius 2 is 0.863 bits per heavy atom. The van der Waals surface area contributed by atoms with Gasteiger partial charge in [-0.2, -0.15) is 0 Å². The molecule has 0 fully saturated rings. The van der Waals surface area contributed by atoms with Crippen LogP contribution in [0.2, 0.25) is 0 Å². The topological polar surface area (TPSA) is 51.8 Å². The fourth-order valence-electron chi connectivity index (χ4n) is 7.24. The Balaban J connectivity index is 1.11. The molecule has 8 aromatic carbocycles. The third-order valence-electron chi connectivity index (χ3n) is 9.71. The molecular weight excluding hydrogens is 623 g/mol. The van der Waals surface area contributed by atoms with Gasteiger partial charge in [-0.1, -0.05) is 152 Å². The van der Waals surface area contributed by atoms with Crippen molar-refractivity contribution < 1.29 is 4.42 Å². The number of nitrogens with zero attached hydrogens (tertiary/aromatic N) is 3. The Hall–Kier alpha value is -6.91. The molecule has 10 rings (SSSR count). The molecule has 0 amide bonds. The highest BCUT2D eigenvalue weighted by molar-refractivity contribution is 6.20. The van der Waals surface area contributed by atoms with E-state index in [4.69, 9.17) is 19.4 Å². The van der Waals surface area contributed by atoms with Crippen LogP contribution in [0.5, 0.6) is 0 Å². The first-order chi connectivity index (χ1) is 25.3. The van der Waals surface area contributed by atoms with E-state index in [0.717, 1.165) is 55.1 Å². The molecule has 0 N–H and O–H groups in total. The van der Waals surface area contributed by atoms with Gasteiger partial charge in [-0.3, -0.25) is 0 Å². The number of benzene rings is 8. The van der Waals surface area contributed by atoms with Gasteiger partial charge in [0.1, 0.15) is 11.2 Å². The minimum Gasteiger partial charge on any atom is -0.455 e. The highest BCUT2D eigenvalue weighted by atomic mass is 16.3. The van der Waals surface area contributed by atoms with Crippen LogP contribution in [0.25, 0.3) is 99.9 Å². The van der Waals surface area contributed by atoms with Crippen LogP contribution >= 0.6 is 0 Å². The van der Waals surface area contributed by atoms with Gasteiger partial charge in [-0.25, -0.2) is 15.0 Å². The predicted molar refractivity (Wildman–Crippen MR) is 209 cm³/mol. The molecule has 0 aliphatic carbocycles. The molecule has 0 saturated carbocycles. The lowest BCUT2D eigenvalue weighted by Crippen LogP contribution is -2.00. The lowest BCUT2D eigenvalue weighted by atomic mass is 9.92. The van der Waals surface area contributed by atoms with E-state index >= 15 is 0 Å². The Morgan fingerprint density at radius 1 is 0.314 bits per heavy atom. The van der Waals surface area contributed by atoms with Gasteiger partial charge in [0.25, 0.3) is 0 Å². The summed E-state index contributed by atoms with van der Waals surface area (Å²) < 4.78 is 6.72. The third-order valence-corrected chi connectivity index (χ3v) is 9.71. The van der Waals surface area contributed by atoms with Gasteiger partial charge < -0.3 is 4.42 Å². The maximum atomic E-state index is 6.72. The summed E-state index contributed by atoms with van der Waals surface area (Å²) in [5, 5.41) is 6.96. The monoisotopic (exact) mass is 651 g/mol. The molecule has 0 aliphatic rings. The summed E-state index contributed by atoms with van der Waals surface area (Å²) in [6, 6.07) is 61.0. The van der Waals surface area contributed by atoms with Gasteiger partial charge in [0, 0.05) is 32.8 Å². The van der Waals surface area contributed by atoms with Crippen LogP contribution in [0.15, 0.2) is 180 Å². The summed E-state index contributed by atoms with van der Waals surface area (Å²) in [4.78, 5) is 14.8. The van der Waals surface area contributed by atoms with Crippen molar-refractivity contribution in [2.24, 2.45) is 0 Å². The molecule has 51 heavy (non-hydrogen) atoms. The highest BCUT2D eigenvalue weighted by Crippen LogP contribution is 2.42. The first-order valence-corrected chi connectivity index (χ1v) is 17.1. The predicted octanol–water partition coefficient (Wildman–Crippen LogP) is 12.4. The first-order valence-electron chi connectivity index (χ1n) is 17.1. The summed E-state index contributed by atoms with van der Waals surface area (Å²) in [7, 11) is 0. The summed E-state index contributed by atoms with van der Waals surface area (Å²) >= 11 is 0. The number of hydrogen-bond acceptors (Lipinski definition) is 4. The second-order valence-corrected chi connectivity index (χ2v) is 12.8. The minimum absolute atomic E-state index is 0.627. The summed E-state index contributed by atoms with van der Waals surface area (Å²) in [5.74, 6) is 1.91. The van der Waals surface area contributed by atoms with Crippen LogP contribution in [0.4, 0.5) is 0 Å². The van der Waals surface area contributed by atoms with Crippen molar-refractivity contribution in [2.45, 2.75) is 0 Å². The van der Waals surface area contributed by atoms with E-state index in [0.29, 0.717) is 17.5 Å². The standard InChI is InChI=1S/C47H29N3O/c1-3-14-31(15-4-1)45-48-46(32-16-5-2-6-17-32)50-47(49-45)35-20-11-19-33(27-35)34-25-26-39-42-29-41(37-24-12-18-30-13-7-8-21-36(30)37)38-22-9-10-23-40(38)44(42)51-43(39)28-34/h1-29H. The summed E-state index contributed by atoms with van der Waals surface area (Å²) in [5.41, 5.74) is 9.10. The fourth-order valence-corrected chi connectivity index (χ4v) is 7.24. The molecule has 2 aromatic heterocycles. The lowest BCUT2D eigenvalue weighted by Gasteiger charge is -2.11. The van der Waals surface area contributed by atoms with Crippen LogP contribution in [0.3, 0.4) is 0 Å². The summed E-state index contributed by atoms with van der Waals surface area (Å²) in [6.07, 6.45) is 0. The van der Waals surface area contributed by atoms with Crippen LogP contribution in [0.1, 0.15) is 0 Å². The quantitative estimate of drug-likeness (QED) is 0.186. The Labute approximate surface area is 294 Å². The van der Waals surface area contributed by atoms with E-state index in [-0.39, 0.29) is 0 Å². The van der Waals surface area contributed by atoms with Crippen molar-refractivity contribution in [2.75, 3.05) is 0 Å². The number of furan rings is 1. The molecule has 0 atom stereocenters. The number of fused-ring (bicyclic) bond motifs is 6. The van der Waals surface area contributed by atoms with Crippen LogP contribution in [-0.4, -0.2) is 15.0 Å². The van der Waals surface area contributed by atoms with Crippen LogP contribution < -0.4 is 0 Å². The maximum Gasteiger partial charge on any atom is 0.164 e. The Bertz CT molecular complexity index is 2850. The molecule has 238 valence electrons. The second kappa shape index (κ2) is 11.9. The Kier molecular flexibility index (Phi) is 6.78. The Morgan fingerprint density at radius 3 is 1.61 bits per heavy atom. The van der Waals surface area contributed by atoms with Gasteiger partial charge in [-0.15, -0.1) is 0 Å². The van der Waals surface area contributed by atoms with Gasteiger partial charge in [0.2, 0.25) is 0 Å². The molecule has 0 unspecified atom stereocenters. The molecular formula is C47H29N3O. The van der Waals surface area contributed by atoms with Crippen molar-refractivity contribution in [1.29, 1.82) is 0 Å². The molecule has 4 nitrogen and oxygen atoms in total. The zero-order valence-corrected chi connectivity index (χ0v) is 27.5. The van der Waals surface area contributed by atoms with Crippen LogP contribution in [0, 0.1) is 0 Å². The third kappa shape index (κ3) is 5.04. The van der Waals surface area contributed by atoms with Crippen LogP contribution in [-0.2, 0) is 0 Å². The van der Waals surface area contributed by atoms with E-state index in [1.807, 2.05) is 60.7 Å². The zero-order chi connectivity index (χ0) is 33.7. The van der Waals surface area contributed by atoms with E-state index in [1.54, 1.807) is 0 Å². The van der Waals surface area contributed by atoms with Crippen molar-refractivity contribution in [1.82, 2.24) is 15.0 Å². The van der Waals surface area contributed by atoms with E-state index in [2.05, 4.69) is 115 Å². The first kappa shape index (κ1) is 29.0. The largest absolute Gasteiger partial charge is 0.455 e.